The molecule has 0 unspecified atom stereocenters. The van der Waals surface area contributed by atoms with Crippen LogP contribution >= 0.6 is 10.7 Å². The average Bonchev–Trinajstić information content (AvgIpc) is 3.10. The van der Waals surface area contributed by atoms with Gasteiger partial charge in [0.15, 0.2) is 0 Å². The van der Waals surface area contributed by atoms with E-state index >= 15 is 0 Å². The fraction of sp³-hybridized carbons (Fsp3) is 1.00. The molecule has 0 aliphatic heterocycles. The van der Waals surface area contributed by atoms with Crippen LogP contribution in [-0.2, 0) is 19.1 Å². The van der Waals surface area contributed by atoms with Crippen molar-refractivity contribution in [3.63, 3.8) is 0 Å². The van der Waals surface area contributed by atoms with Crippen molar-refractivity contribution in [1.29, 1.82) is 0 Å². The molecule has 0 aromatic rings. The van der Waals surface area contributed by atoms with Gasteiger partial charge in [-0.05, 0) is 85.3 Å². The van der Waals surface area contributed by atoms with E-state index < -0.39 is 153 Å². The van der Waals surface area contributed by atoms with Crippen molar-refractivity contribution < 1.29 is 140 Å². The molecule has 0 radical (unpaired) electrons. The zero-order valence-corrected chi connectivity index (χ0v) is 38.8. The van der Waals surface area contributed by atoms with Gasteiger partial charge in [0.1, 0.15) is 0 Å². The zero-order chi connectivity index (χ0) is 57.9. The second-order valence-electron chi connectivity index (χ2n) is 15.9. The van der Waals surface area contributed by atoms with Crippen LogP contribution in [0, 0.1) is 11.8 Å². The Morgan fingerprint density at radius 2 is 0.648 bits per heavy atom. The van der Waals surface area contributed by atoms with Gasteiger partial charge in [0.05, 0.1) is 11.5 Å². The molecular formula is C32H45ClF28N4O4S2. The van der Waals surface area contributed by atoms with Crippen LogP contribution < -0.4 is 10.5 Å². The van der Waals surface area contributed by atoms with Crippen molar-refractivity contribution in [1.82, 2.24) is 14.5 Å². The zero-order valence-electron chi connectivity index (χ0n) is 36.4. The molecule has 432 valence electrons. The van der Waals surface area contributed by atoms with E-state index in [2.05, 4.69) is 29.7 Å². The Labute approximate surface area is 390 Å². The SMILES string of the molecule is CN(C)CCCN.CN(C)CCCNS(=O)(=O)CCC(CC(F)(C(F)(F)F)C(F)(F)F)CC(F)(C(F)(F)F)C(F)(F)F.O=S(=O)(Cl)CCC(CC(F)(C(F)(F)F)C(F)(F)F)CC(F)(C(F)(F)F)C(F)(F)F. The predicted molar refractivity (Wildman–Crippen MR) is 195 cm³/mol. The molecule has 0 aliphatic carbocycles. The Kier molecular flexibility index (Phi) is 26.6. The van der Waals surface area contributed by atoms with Crippen LogP contribution in [0.2, 0.25) is 0 Å². The highest BCUT2D eigenvalue weighted by Crippen LogP contribution is 2.57. The van der Waals surface area contributed by atoms with Gasteiger partial charge in [0.25, 0.3) is 22.7 Å². The molecule has 0 aromatic heterocycles. The van der Waals surface area contributed by atoms with Gasteiger partial charge in [-0.3, -0.25) is 0 Å². The summed E-state index contributed by atoms with van der Waals surface area (Å²) in [5.41, 5.74) is -20.1. The molecule has 0 saturated carbocycles. The number of hydrogen-bond donors (Lipinski definition) is 2. The molecule has 8 nitrogen and oxygen atoms in total. The molecular weight excluding hydrogens is 1140 g/mol. The van der Waals surface area contributed by atoms with E-state index in [1.54, 1.807) is 23.7 Å². The molecule has 0 aliphatic rings. The van der Waals surface area contributed by atoms with E-state index in [-0.39, 0.29) is 19.5 Å². The van der Waals surface area contributed by atoms with Crippen molar-refractivity contribution >= 4 is 29.8 Å². The van der Waals surface area contributed by atoms with Crippen molar-refractivity contribution in [3.05, 3.63) is 0 Å². The molecule has 3 N–H and O–H groups in total. The molecule has 0 rings (SSSR count). The Morgan fingerprint density at radius 1 is 0.423 bits per heavy atom. The van der Waals surface area contributed by atoms with Crippen molar-refractivity contribution in [2.75, 3.05) is 65.9 Å². The van der Waals surface area contributed by atoms with E-state index in [0.29, 0.717) is 0 Å². The van der Waals surface area contributed by atoms with Gasteiger partial charge in [0.2, 0.25) is 19.1 Å². The maximum absolute atomic E-state index is 14.1. The van der Waals surface area contributed by atoms with Crippen LogP contribution in [0.15, 0.2) is 0 Å². The summed E-state index contributed by atoms with van der Waals surface area (Å²) in [6.45, 7) is 1.84. The molecule has 0 aromatic carbocycles. The van der Waals surface area contributed by atoms with E-state index in [0.717, 1.165) is 19.5 Å². The Hall–Kier alpha value is -1.93. The summed E-state index contributed by atoms with van der Waals surface area (Å²) < 4.78 is 407. The van der Waals surface area contributed by atoms with E-state index in [1.807, 2.05) is 0 Å². The second-order valence-corrected chi connectivity index (χ2v) is 20.7. The van der Waals surface area contributed by atoms with Gasteiger partial charge < -0.3 is 15.5 Å². The van der Waals surface area contributed by atoms with E-state index in [4.69, 9.17) is 5.73 Å². The lowest BCUT2D eigenvalue weighted by Crippen LogP contribution is -2.57. The molecule has 39 heteroatoms. The van der Waals surface area contributed by atoms with Crippen LogP contribution in [0.1, 0.15) is 51.4 Å². The van der Waals surface area contributed by atoms with Crippen LogP contribution in [0.25, 0.3) is 0 Å². The van der Waals surface area contributed by atoms with Gasteiger partial charge in [-0.15, -0.1) is 0 Å². The molecule has 0 atom stereocenters. The number of nitrogens with zero attached hydrogens (tertiary/aromatic N) is 2. The average molecular weight is 1180 g/mol. The highest BCUT2D eigenvalue weighted by atomic mass is 35.7. The number of sulfonamides is 1. The fourth-order valence-electron chi connectivity index (χ4n) is 5.44. The summed E-state index contributed by atoms with van der Waals surface area (Å²) in [4.78, 5) is 3.71. The Morgan fingerprint density at radius 3 is 0.831 bits per heavy atom. The summed E-state index contributed by atoms with van der Waals surface area (Å²) in [5.74, 6) is -10.0. The topological polar surface area (TPSA) is 113 Å². The third-order valence-corrected chi connectivity index (χ3v) is 12.0. The molecule has 71 heavy (non-hydrogen) atoms. The minimum Gasteiger partial charge on any atom is -0.330 e. The van der Waals surface area contributed by atoms with Crippen LogP contribution in [-0.4, -0.2) is 165 Å². The summed E-state index contributed by atoms with van der Waals surface area (Å²) in [5, 5.41) is 0. The minimum atomic E-state index is -6.88. The molecule has 0 heterocycles. The van der Waals surface area contributed by atoms with Gasteiger partial charge in [-0.1, -0.05) is 0 Å². The van der Waals surface area contributed by atoms with Gasteiger partial charge in [-0.2, -0.15) is 105 Å². The summed E-state index contributed by atoms with van der Waals surface area (Å²) >= 11 is 0. The molecule has 0 bridgehead atoms. The number of nitrogens with two attached hydrogens (primary N) is 1. The minimum absolute atomic E-state index is 0.112. The first kappa shape index (κ1) is 73.3. The largest absolute Gasteiger partial charge is 0.431 e. The maximum atomic E-state index is 14.1. The summed E-state index contributed by atoms with van der Waals surface area (Å²) in [7, 11) is 2.30. The lowest BCUT2D eigenvalue weighted by molar-refractivity contribution is -0.358. The second kappa shape index (κ2) is 25.7. The maximum Gasteiger partial charge on any atom is 0.431 e. The van der Waals surface area contributed by atoms with Crippen molar-refractivity contribution in [2.45, 2.75) is 123 Å². The van der Waals surface area contributed by atoms with Gasteiger partial charge >= 0.3 is 49.4 Å². The standard InChI is InChI=1S/C16H22F14N2O2S.C11H9ClF14O2S.C5H14N2/c1-32(2)6-3-5-31-35(33,34)7-4-10(8-11(17,13(19,20)21)14(22,23)24)9-12(18,15(25,26)27)16(28,29)30;12-29(27,28)2-1-5(3-6(13,8(15,16)17)9(18,19)20)4-7(14,10(21,22)23)11(24,25)26;1-7(2)5-3-4-6/h10,31H,3-9H2,1-2H3;5H,1-4H2;3-6H2,1-2H3. The summed E-state index contributed by atoms with van der Waals surface area (Å²) in [6, 6.07) is 0. The highest BCUT2D eigenvalue weighted by Gasteiger charge is 2.77. The van der Waals surface area contributed by atoms with Crippen molar-refractivity contribution in [2.24, 2.45) is 17.6 Å². The lowest BCUT2D eigenvalue weighted by atomic mass is 9.81. The Bertz CT molecular complexity index is 1660. The third kappa shape index (κ3) is 22.8. The fourth-order valence-corrected chi connectivity index (χ4v) is 7.57. The number of nitrogens with one attached hydrogen (secondary N) is 1. The first-order valence-electron chi connectivity index (χ1n) is 18.9. The van der Waals surface area contributed by atoms with Gasteiger partial charge in [0, 0.05) is 42.9 Å². The van der Waals surface area contributed by atoms with E-state index in [1.165, 1.54) is 0 Å². The molecule has 0 fully saturated rings. The first-order chi connectivity index (χ1) is 30.8. The normalized spacial score (nSPS) is 15.1. The summed E-state index contributed by atoms with van der Waals surface area (Å²) in [6.07, 6.45) is -70.0. The molecule has 0 amide bonds. The van der Waals surface area contributed by atoms with Crippen molar-refractivity contribution in [3.8, 4) is 0 Å². The van der Waals surface area contributed by atoms with Crippen LogP contribution in [0.5, 0.6) is 0 Å². The van der Waals surface area contributed by atoms with E-state index in [9.17, 15) is 140 Å². The molecule has 0 spiro atoms. The third-order valence-electron chi connectivity index (χ3n) is 9.35. The van der Waals surface area contributed by atoms with Gasteiger partial charge in [-0.25, -0.2) is 39.1 Å². The van der Waals surface area contributed by atoms with Crippen LogP contribution in [0.3, 0.4) is 0 Å². The smallest absolute Gasteiger partial charge is 0.330 e. The first-order valence-corrected chi connectivity index (χ1v) is 23.1. The number of alkyl halides is 28. The monoisotopic (exact) mass is 1180 g/mol. The quantitative estimate of drug-likeness (QED) is 0.0631. The van der Waals surface area contributed by atoms with Crippen LogP contribution in [0.4, 0.5) is 123 Å². The number of halogens is 29. The molecule has 0 saturated heterocycles. The number of hydrogen-bond acceptors (Lipinski definition) is 7. The lowest BCUT2D eigenvalue weighted by Gasteiger charge is -2.37. The number of rotatable bonds is 22. The Balaban J connectivity index is -0.00000116. The predicted octanol–water partition coefficient (Wildman–Crippen LogP) is 11.2. The highest BCUT2D eigenvalue weighted by molar-refractivity contribution is 8.13.